The summed E-state index contributed by atoms with van der Waals surface area (Å²) in [6.07, 6.45) is 1.21. The van der Waals surface area contributed by atoms with E-state index in [2.05, 4.69) is 75.9 Å². The van der Waals surface area contributed by atoms with E-state index in [1.165, 1.54) is 10.4 Å². The van der Waals surface area contributed by atoms with Crippen molar-refractivity contribution in [3.8, 4) is 0 Å². The lowest BCUT2D eigenvalue weighted by atomic mass is 10.1. The van der Waals surface area contributed by atoms with Gasteiger partial charge in [-0.3, -0.25) is 0 Å². The van der Waals surface area contributed by atoms with Gasteiger partial charge in [-0.25, -0.2) is 0 Å². The molecule has 4 heteroatoms. The maximum atomic E-state index is 11.5. The van der Waals surface area contributed by atoms with Crippen LogP contribution in [0.5, 0.6) is 0 Å². The number of rotatable bonds is 8. The molecule has 0 heterocycles. The molecule has 4 rings (SSSR count). The van der Waals surface area contributed by atoms with Crippen LogP contribution in [0.1, 0.15) is 32.8 Å². The van der Waals surface area contributed by atoms with Crippen LogP contribution in [0, 0.1) is 5.92 Å². The van der Waals surface area contributed by atoms with E-state index in [1.807, 2.05) is 48.5 Å². The highest BCUT2D eigenvalue weighted by atomic mass is 28.4. The average molecular weight is 473 g/mol. The third-order valence-corrected chi connectivity index (χ3v) is 12.0. The third-order valence-electron chi connectivity index (χ3n) is 6.98. The van der Waals surface area contributed by atoms with Crippen LogP contribution < -0.4 is 10.4 Å². The molecule has 178 valence electrons. The lowest BCUT2D eigenvalue weighted by Crippen LogP contribution is -2.68. The summed E-state index contributed by atoms with van der Waals surface area (Å²) in [5.41, 5.74) is 1.10. The fourth-order valence-corrected chi connectivity index (χ4v) is 9.97. The molecule has 1 saturated carbocycles. The maximum absolute atomic E-state index is 11.5. The maximum Gasteiger partial charge on any atom is 0.261 e. The van der Waals surface area contributed by atoms with Crippen LogP contribution in [0.3, 0.4) is 0 Å². The summed E-state index contributed by atoms with van der Waals surface area (Å²) in [5, 5.41) is 13.7. The van der Waals surface area contributed by atoms with E-state index in [-0.39, 0.29) is 23.2 Å². The first-order valence-corrected chi connectivity index (χ1v) is 14.0. The fourth-order valence-electron chi connectivity index (χ4n) is 5.23. The SMILES string of the molecule is C=C[C@H]1C[C@H](OCc2ccccc2)[C@@H](O)[C@@H]1O[Si](c1ccccc1)(c1ccccc1)C(C)(C)C. The highest BCUT2D eigenvalue weighted by molar-refractivity contribution is 6.99. The van der Waals surface area contributed by atoms with Gasteiger partial charge in [-0.1, -0.05) is 118 Å². The number of aliphatic hydroxyl groups is 1. The quantitative estimate of drug-likeness (QED) is 0.367. The molecular weight excluding hydrogens is 436 g/mol. The van der Waals surface area contributed by atoms with E-state index < -0.39 is 14.4 Å². The standard InChI is InChI=1S/C30H36O3Si/c1-5-24-21-27(32-22-23-15-9-6-10-16-23)28(31)29(24)33-34(30(2,3)4,25-17-11-7-12-18-25)26-19-13-8-14-20-26/h5-20,24,27-29,31H,1,21-22H2,2-4H3/t24-,27-,28+,29+/m0/s1. The van der Waals surface area contributed by atoms with Crippen LogP contribution in [-0.2, 0) is 15.8 Å². The molecule has 4 atom stereocenters. The third kappa shape index (κ3) is 4.82. The first-order valence-electron chi connectivity index (χ1n) is 12.1. The summed E-state index contributed by atoms with van der Waals surface area (Å²) in [6.45, 7) is 11.3. The van der Waals surface area contributed by atoms with E-state index >= 15 is 0 Å². The van der Waals surface area contributed by atoms with Gasteiger partial charge >= 0.3 is 0 Å². The van der Waals surface area contributed by atoms with Crippen LogP contribution in [-0.4, -0.2) is 31.7 Å². The van der Waals surface area contributed by atoms with Gasteiger partial charge in [0.25, 0.3) is 8.32 Å². The molecule has 3 aromatic rings. The van der Waals surface area contributed by atoms with Crippen molar-refractivity contribution in [2.24, 2.45) is 5.92 Å². The Kier molecular flexibility index (Phi) is 7.53. The summed E-state index contributed by atoms with van der Waals surface area (Å²) in [4.78, 5) is 0. The number of aliphatic hydroxyl groups excluding tert-OH is 1. The Hall–Kier alpha value is -2.50. The lowest BCUT2D eigenvalue weighted by molar-refractivity contribution is -0.0576. The Morgan fingerprint density at radius 1 is 0.882 bits per heavy atom. The molecule has 0 unspecified atom stereocenters. The second kappa shape index (κ2) is 10.4. The van der Waals surface area contributed by atoms with Gasteiger partial charge in [0.2, 0.25) is 0 Å². The number of ether oxygens (including phenoxy) is 1. The molecule has 34 heavy (non-hydrogen) atoms. The smallest absolute Gasteiger partial charge is 0.261 e. The molecule has 0 aliphatic heterocycles. The second-order valence-electron chi connectivity index (χ2n) is 10.2. The lowest BCUT2D eigenvalue weighted by Gasteiger charge is -2.46. The molecule has 1 aliphatic rings. The van der Waals surface area contributed by atoms with Crippen molar-refractivity contribution in [3.05, 3.63) is 109 Å². The Balaban J connectivity index is 1.69. The zero-order valence-corrected chi connectivity index (χ0v) is 21.4. The van der Waals surface area contributed by atoms with Gasteiger partial charge in [0.15, 0.2) is 0 Å². The monoisotopic (exact) mass is 472 g/mol. The normalized spacial score (nSPS) is 23.1. The minimum atomic E-state index is -2.79. The zero-order valence-electron chi connectivity index (χ0n) is 20.4. The number of hydrogen-bond donors (Lipinski definition) is 1. The largest absolute Gasteiger partial charge is 0.401 e. The molecule has 1 aliphatic carbocycles. The van der Waals surface area contributed by atoms with Crippen molar-refractivity contribution < 1.29 is 14.3 Å². The van der Waals surface area contributed by atoms with E-state index in [9.17, 15) is 5.11 Å². The summed E-state index contributed by atoms with van der Waals surface area (Å²) in [5.74, 6) is 0.0115. The topological polar surface area (TPSA) is 38.7 Å². The van der Waals surface area contributed by atoms with Gasteiger partial charge in [-0.2, -0.15) is 0 Å². The number of benzene rings is 3. The minimum absolute atomic E-state index is 0.0115. The summed E-state index contributed by atoms with van der Waals surface area (Å²) in [7, 11) is -2.79. The molecule has 3 aromatic carbocycles. The van der Waals surface area contributed by atoms with E-state index in [4.69, 9.17) is 9.16 Å². The number of hydrogen-bond acceptors (Lipinski definition) is 3. The predicted molar refractivity (Wildman–Crippen MR) is 142 cm³/mol. The van der Waals surface area contributed by atoms with Crippen molar-refractivity contribution in [2.75, 3.05) is 0 Å². The van der Waals surface area contributed by atoms with E-state index in [0.717, 1.165) is 5.56 Å². The predicted octanol–water partition coefficient (Wildman–Crippen LogP) is 5.08. The second-order valence-corrected chi connectivity index (χ2v) is 14.5. The Morgan fingerprint density at radius 2 is 1.38 bits per heavy atom. The summed E-state index contributed by atoms with van der Waals surface area (Å²) < 4.78 is 13.5. The van der Waals surface area contributed by atoms with Crippen molar-refractivity contribution >= 4 is 18.7 Å². The van der Waals surface area contributed by atoms with Crippen LogP contribution >= 0.6 is 0 Å². The summed E-state index contributed by atoms with van der Waals surface area (Å²) >= 11 is 0. The first-order chi connectivity index (χ1) is 16.4. The molecule has 0 saturated heterocycles. The Bertz CT molecular complexity index is 1010. The minimum Gasteiger partial charge on any atom is -0.401 e. The van der Waals surface area contributed by atoms with E-state index in [1.54, 1.807) is 0 Å². The molecule has 1 N–H and O–H groups in total. The summed E-state index contributed by atoms with van der Waals surface area (Å²) in [6, 6.07) is 31.2. The van der Waals surface area contributed by atoms with Crippen LogP contribution in [0.2, 0.25) is 5.04 Å². The highest BCUT2D eigenvalue weighted by Gasteiger charge is 2.55. The fraction of sp³-hybridized carbons (Fsp3) is 0.333. The van der Waals surface area contributed by atoms with Gasteiger partial charge in [0.1, 0.15) is 6.10 Å². The molecule has 0 aromatic heterocycles. The first kappa shape index (κ1) is 24.6. The van der Waals surface area contributed by atoms with Crippen molar-refractivity contribution in [1.82, 2.24) is 0 Å². The van der Waals surface area contributed by atoms with Crippen molar-refractivity contribution in [2.45, 2.75) is 57.1 Å². The highest BCUT2D eigenvalue weighted by Crippen LogP contribution is 2.42. The zero-order chi connectivity index (χ0) is 24.2. The van der Waals surface area contributed by atoms with Crippen molar-refractivity contribution in [1.29, 1.82) is 0 Å². The molecule has 3 nitrogen and oxygen atoms in total. The molecule has 0 spiro atoms. The molecule has 0 amide bonds. The van der Waals surface area contributed by atoms with Gasteiger partial charge in [0.05, 0.1) is 18.8 Å². The van der Waals surface area contributed by atoms with E-state index in [0.29, 0.717) is 13.0 Å². The van der Waals surface area contributed by atoms with Gasteiger partial charge in [-0.05, 0) is 27.4 Å². The Labute approximate surface area is 205 Å². The molecule has 1 fully saturated rings. The average Bonchev–Trinajstić information content (AvgIpc) is 3.16. The molecular formula is C30H36O3Si. The molecule has 0 bridgehead atoms. The van der Waals surface area contributed by atoms with Crippen LogP contribution in [0.25, 0.3) is 0 Å². The van der Waals surface area contributed by atoms with Gasteiger partial charge < -0.3 is 14.3 Å². The van der Waals surface area contributed by atoms with Crippen LogP contribution in [0.4, 0.5) is 0 Å². The molecule has 0 radical (unpaired) electrons. The van der Waals surface area contributed by atoms with Crippen LogP contribution in [0.15, 0.2) is 104 Å². The van der Waals surface area contributed by atoms with Gasteiger partial charge in [0, 0.05) is 5.92 Å². The van der Waals surface area contributed by atoms with Crippen molar-refractivity contribution in [3.63, 3.8) is 0 Å². The Morgan fingerprint density at radius 3 is 1.85 bits per heavy atom. The van der Waals surface area contributed by atoms with Gasteiger partial charge in [-0.15, -0.1) is 6.58 Å².